The van der Waals surface area contributed by atoms with Gasteiger partial charge in [-0.15, -0.1) is 0 Å². The van der Waals surface area contributed by atoms with Crippen molar-refractivity contribution < 1.29 is 4.79 Å². The Hall–Kier alpha value is -0.610. The fraction of sp³-hybridized carbons (Fsp3) is 0.938. The van der Waals surface area contributed by atoms with Crippen molar-refractivity contribution in [2.75, 3.05) is 26.2 Å². The molecule has 0 spiro atoms. The van der Waals surface area contributed by atoms with Gasteiger partial charge in [0, 0.05) is 19.6 Å². The summed E-state index contributed by atoms with van der Waals surface area (Å²) in [6, 6.07) is 0. The third-order valence-electron chi connectivity index (χ3n) is 4.73. The Labute approximate surface area is 123 Å². The zero-order valence-corrected chi connectivity index (χ0v) is 13.2. The van der Waals surface area contributed by atoms with Crippen LogP contribution >= 0.6 is 0 Å². The molecule has 3 N–H and O–H groups in total. The first-order valence-corrected chi connectivity index (χ1v) is 8.29. The van der Waals surface area contributed by atoms with Crippen LogP contribution in [0.2, 0.25) is 0 Å². The van der Waals surface area contributed by atoms with Crippen LogP contribution in [-0.2, 0) is 4.79 Å². The molecule has 0 aromatic rings. The number of piperidine rings is 1. The molecule has 2 aliphatic rings. The SMILES string of the molecule is CC(C)CN1CCC[C@@H](CNC(=O)C2(N)CCCC2)C1. The third-order valence-corrected chi connectivity index (χ3v) is 4.73. The summed E-state index contributed by atoms with van der Waals surface area (Å²) in [7, 11) is 0. The molecule has 0 unspecified atom stereocenters. The van der Waals surface area contributed by atoms with E-state index in [0.717, 1.165) is 38.8 Å². The standard InChI is InChI=1S/C16H31N3O/c1-13(2)11-19-9-5-6-14(12-19)10-18-15(20)16(17)7-3-4-8-16/h13-14H,3-12,17H2,1-2H3,(H,18,20)/t14-/m0/s1. The lowest BCUT2D eigenvalue weighted by Gasteiger charge is -2.34. The molecule has 2 rings (SSSR count). The maximum absolute atomic E-state index is 12.2. The summed E-state index contributed by atoms with van der Waals surface area (Å²) in [6.07, 6.45) is 6.37. The first-order valence-electron chi connectivity index (χ1n) is 8.29. The van der Waals surface area contributed by atoms with Crippen LogP contribution < -0.4 is 11.1 Å². The molecule has 0 aromatic carbocycles. The van der Waals surface area contributed by atoms with E-state index in [9.17, 15) is 4.79 Å². The van der Waals surface area contributed by atoms with Gasteiger partial charge in [-0.25, -0.2) is 0 Å². The zero-order valence-electron chi connectivity index (χ0n) is 13.2. The average molecular weight is 281 g/mol. The molecule has 4 nitrogen and oxygen atoms in total. The lowest BCUT2D eigenvalue weighted by Crippen LogP contribution is -2.53. The van der Waals surface area contributed by atoms with Gasteiger partial charge in [0.25, 0.3) is 0 Å². The summed E-state index contributed by atoms with van der Waals surface area (Å²) in [5.41, 5.74) is 5.61. The Morgan fingerprint density at radius 1 is 1.35 bits per heavy atom. The third kappa shape index (κ3) is 4.19. The van der Waals surface area contributed by atoms with Crippen molar-refractivity contribution in [1.29, 1.82) is 0 Å². The highest BCUT2D eigenvalue weighted by molar-refractivity contribution is 5.86. The highest BCUT2D eigenvalue weighted by Crippen LogP contribution is 2.27. The number of carbonyl (C=O) groups is 1. The summed E-state index contributed by atoms with van der Waals surface area (Å²) >= 11 is 0. The molecule has 1 amide bonds. The Bertz CT molecular complexity index is 324. The van der Waals surface area contributed by atoms with E-state index in [2.05, 4.69) is 24.1 Å². The number of rotatable bonds is 5. The lowest BCUT2D eigenvalue weighted by molar-refractivity contribution is -0.126. The molecule has 1 saturated carbocycles. The van der Waals surface area contributed by atoms with Crippen LogP contribution in [0.4, 0.5) is 0 Å². The van der Waals surface area contributed by atoms with Crippen molar-refractivity contribution in [3.63, 3.8) is 0 Å². The fourth-order valence-corrected chi connectivity index (χ4v) is 3.65. The molecular formula is C16H31N3O. The predicted octanol–water partition coefficient (Wildman–Crippen LogP) is 1.74. The largest absolute Gasteiger partial charge is 0.354 e. The number of nitrogens with one attached hydrogen (secondary N) is 1. The summed E-state index contributed by atoms with van der Waals surface area (Å²) < 4.78 is 0. The van der Waals surface area contributed by atoms with Crippen LogP contribution in [0.5, 0.6) is 0 Å². The van der Waals surface area contributed by atoms with Gasteiger partial charge in [-0.1, -0.05) is 26.7 Å². The van der Waals surface area contributed by atoms with Crippen molar-refractivity contribution in [1.82, 2.24) is 10.2 Å². The second kappa shape index (κ2) is 6.90. The average Bonchev–Trinajstić information content (AvgIpc) is 2.84. The molecule has 1 heterocycles. The van der Waals surface area contributed by atoms with Crippen LogP contribution in [0, 0.1) is 11.8 Å². The molecule has 116 valence electrons. The Kier molecular flexibility index (Phi) is 5.44. The first kappa shape index (κ1) is 15.8. The minimum absolute atomic E-state index is 0.0796. The van der Waals surface area contributed by atoms with Crippen LogP contribution in [-0.4, -0.2) is 42.5 Å². The van der Waals surface area contributed by atoms with Crippen LogP contribution in [0.15, 0.2) is 0 Å². The van der Waals surface area contributed by atoms with E-state index in [1.54, 1.807) is 0 Å². The number of nitrogens with zero attached hydrogens (tertiary/aromatic N) is 1. The highest BCUT2D eigenvalue weighted by Gasteiger charge is 2.37. The number of carbonyl (C=O) groups excluding carboxylic acids is 1. The number of nitrogens with two attached hydrogens (primary N) is 1. The Morgan fingerprint density at radius 3 is 2.70 bits per heavy atom. The Morgan fingerprint density at radius 2 is 2.05 bits per heavy atom. The fourth-order valence-electron chi connectivity index (χ4n) is 3.65. The molecule has 2 fully saturated rings. The first-order chi connectivity index (χ1) is 9.49. The van der Waals surface area contributed by atoms with Gasteiger partial charge in [0.2, 0.25) is 5.91 Å². The van der Waals surface area contributed by atoms with E-state index in [4.69, 9.17) is 5.73 Å². The number of hydrogen-bond donors (Lipinski definition) is 2. The van der Waals surface area contributed by atoms with Crippen LogP contribution in [0.1, 0.15) is 52.4 Å². The van der Waals surface area contributed by atoms with E-state index in [1.165, 1.54) is 25.9 Å². The second-order valence-electron chi connectivity index (χ2n) is 7.23. The Balaban J connectivity index is 1.74. The van der Waals surface area contributed by atoms with Gasteiger partial charge in [0.15, 0.2) is 0 Å². The maximum Gasteiger partial charge on any atom is 0.240 e. The van der Waals surface area contributed by atoms with E-state index in [-0.39, 0.29) is 5.91 Å². The predicted molar refractivity (Wildman–Crippen MR) is 82.4 cm³/mol. The van der Waals surface area contributed by atoms with Gasteiger partial charge < -0.3 is 16.0 Å². The van der Waals surface area contributed by atoms with Gasteiger partial charge >= 0.3 is 0 Å². The molecular weight excluding hydrogens is 250 g/mol. The summed E-state index contributed by atoms with van der Waals surface area (Å²) in [5.74, 6) is 1.39. The molecule has 1 atom stereocenters. The van der Waals surface area contributed by atoms with Crippen molar-refractivity contribution >= 4 is 5.91 Å². The van der Waals surface area contributed by atoms with Crippen molar-refractivity contribution in [3.8, 4) is 0 Å². The van der Waals surface area contributed by atoms with Crippen molar-refractivity contribution in [2.45, 2.75) is 57.9 Å². The van der Waals surface area contributed by atoms with Crippen molar-refractivity contribution in [3.05, 3.63) is 0 Å². The van der Waals surface area contributed by atoms with E-state index in [0.29, 0.717) is 11.8 Å². The number of hydrogen-bond acceptors (Lipinski definition) is 3. The molecule has 20 heavy (non-hydrogen) atoms. The minimum Gasteiger partial charge on any atom is -0.354 e. The van der Waals surface area contributed by atoms with Gasteiger partial charge in [0.1, 0.15) is 0 Å². The topological polar surface area (TPSA) is 58.4 Å². The van der Waals surface area contributed by atoms with Crippen LogP contribution in [0.3, 0.4) is 0 Å². The smallest absolute Gasteiger partial charge is 0.240 e. The van der Waals surface area contributed by atoms with Gasteiger partial charge in [-0.2, -0.15) is 0 Å². The van der Waals surface area contributed by atoms with Gasteiger partial charge in [-0.3, -0.25) is 4.79 Å². The van der Waals surface area contributed by atoms with Gasteiger partial charge in [-0.05, 0) is 44.1 Å². The lowest BCUT2D eigenvalue weighted by atomic mass is 9.95. The summed E-state index contributed by atoms with van der Waals surface area (Å²) in [6.45, 7) is 8.84. The summed E-state index contributed by atoms with van der Waals surface area (Å²) in [5, 5.41) is 3.12. The number of likely N-dealkylation sites (tertiary alicyclic amines) is 1. The molecule has 4 heteroatoms. The molecule has 1 aliphatic carbocycles. The van der Waals surface area contributed by atoms with Crippen molar-refractivity contribution in [2.24, 2.45) is 17.6 Å². The number of amides is 1. The quantitative estimate of drug-likeness (QED) is 0.807. The maximum atomic E-state index is 12.2. The summed E-state index contributed by atoms with van der Waals surface area (Å²) in [4.78, 5) is 14.8. The molecule has 0 aromatic heterocycles. The minimum atomic E-state index is -0.577. The van der Waals surface area contributed by atoms with E-state index in [1.807, 2.05) is 0 Å². The van der Waals surface area contributed by atoms with E-state index >= 15 is 0 Å². The second-order valence-corrected chi connectivity index (χ2v) is 7.23. The molecule has 0 radical (unpaired) electrons. The highest BCUT2D eigenvalue weighted by atomic mass is 16.2. The molecule has 0 bridgehead atoms. The monoisotopic (exact) mass is 281 g/mol. The molecule has 1 saturated heterocycles. The normalized spacial score (nSPS) is 26.9. The molecule has 1 aliphatic heterocycles. The van der Waals surface area contributed by atoms with Gasteiger partial charge in [0.05, 0.1) is 5.54 Å². The zero-order chi connectivity index (χ0) is 14.6. The van der Waals surface area contributed by atoms with Crippen LogP contribution in [0.25, 0.3) is 0 Å². The van der Waals surface area contributed by atoms with E-state index < -0.39 is 5.54 Å².